The van der Waals surface area contributed by atoms with E-state index in [1.807, 2.05) is 12.1 Å². The van der Waals surface area contributed by atoms with Crippen LogP contribution in [0.15, 0.2) is 42.5 Å². The predicted octanol–water partition coefficient (Wildman–Crippen LogP) is 3.17. The van der Waals surface area contributed by atoms with E-state index in [2.05, 4.69) is 22.3 Å². The predicted molar refractivity (Wildman–Crippen MR) is 125 cm³/mol. The molecule has 1 amide bonds. The van der Waals surface area contributed by atoms with Crippen LogP contribution in [0.1, 0.15) is 30.4 Å². The monoisotopic (exact) mass is 477 g/mol. The third-order valence-electron chi connectivity index (χ3n) is 5.80. The molecule has 2 aliphatic heterocycles. The molecule has 0 aromatic heterocycles. The number of hydrogen-bond donors (Lipinski definition) is 1. The maximum absolute atomic E-state index is 12.8. The van der Waals surface area contributed by atoms with Crippen molar-refractivity contribution in [3.8, 4) is 5.75 Å². The number of likely N-dealkylation sites (tertiary alicyclic amines) is 1. The highest BCUT2D eigenvalue weighted by Gasteiger charge is 2.35. The van der Waals surface area contributed by atoms with E-state index in [4.69, 9.17) is 16.3 Å². The van der Waals surface area contributed by atoms with Crippen LogP contribution in [0.3, 0.4) is 0 Å². The average molecular weight is 478 g/mol. The molecule has 9 heteroatoms. The van der Waals surface area contributed by atoms with Gasteiger partial charge in [-0.25, -0.2) is 8.42 Å². The van der Waals surface area contributed by atoms with E-state index in [1.165, 1.54) is 35.2 Å². The van der Waals surface area contributed by atoms with Gasteiger partial charge < -0.3 is 10.1 Å². The highest BCUT2D eigenvalue weighted by molar-refractivity contribution is 7.92. The standard InChI is InChI=1S/C23H28ClN3O4S/c1-32(29,30)27-16-22(31-21-9-8-19(24)13-20(21)27)23(28)25-14-17-6-5-7-18(12-17)15-26-10-3-2-4-11-26/h5-9,12-13,22H,2-4,10-11,14-16H2,1H3,(H,25,28)/t22-/m1/s1. The normalized spacial score (nSPS) is 19.2. The Morgan fingerprint density at radius 3 is 2.62 bits per heavy atom. The summed E-state index contributed by atoms with van der Waals surface area (Å²) in [6, 6.07) is 12.9. The molecule has 172 valence electrons. The first-order valence-electron chi connectivity index (χ1n) is 10.8. The highest BCUT2D eigenvalue weighted by Crippen LogP contribution is 2.37. The Balaban J connectivity index is 1.41. The summed E-state index contributed by atoms with van der Waals surface area (Å²) in [5.74, 6) is -0.0459. The van der Waals surface area contributed by atoms with E-state index in [9.17, 15) is 13.2 Å². The number of anilines is 1. The lowest BCUT2D eigenvalue weighted by molar-refractivity contribution is -0.127. The number of fused-ring (bicyclic) bond motifs is 1. The fourth-order valence-corrected chi connectivity index (χ4v) is 5.26. The van der Waals surface area contributed by atoms with Crippen molar-refractivity contribution >= 4 is 33.2 Å². The smallest absolute Gasteiger partial charge is 0.263 e. The second-order valence-corrected chi connectivity index (χ2v) is 10.7. The number of amides is 1. The van der Waals surface area contributed by atoms with Gasteiger partial charge in [0.1, 0.15) is 5.75 Å². The van der Waals surface area contributed by atoms with Gasteiger partial charge in [0.25, 0.3) is 5.91 Å². The van der Waals surface area contributed by atoms with Crippen molar-refractivity contribution in [3.05, 3.63) is 58.6 Å². The van der Waals surface area contributed by atoms with Gasteiger partial charge in [-0.15, -0.1) is 0 Å². The van der Waals surface area contributed by atoms with Crippen LogP contribution in [-0.4, -0.2) is 51.2 Å². The molecular formula is C23H28ClN3O4S. The Hall–Kier alpha value is -2.29. The molecule has 32 heavy (non-hydrogen) atoms. The summed E-state index contributed by atoms with van der Waals surface area (Å²) in [5, 5.41) is 3.29. The van der Waals surface area contributed by atoms with Gasteiger partial charge in [-0.1, -0.05) is 42.3 Å². The molecule has 0 unspecified atom stereocenters. The Bertz CT molecular complexity index is 1090. The van der Waals surface area contributed by atoms with E-state index in [1.54, 1.807) is 12.1 Å². The SMILES string of the molecule is CS(=O)(=O)N1C[C@H](C(=O)NCc2cccc(CN3CCCCC3)c2)Oc2ccc(Cl)cc21. The molecule has 0 saturated carbocycles. The number of carbonyl (C=O) groups excluding carboxylic acids is 1. The van der Waals surface area contributed by atoms with E-state index in [0.717, 1.165) is 31.5 Å². The zero-order chi connectivity index (χ0) is 22.7. The van der Waals surface area contributed by atoms with Crippen molar-refractivity contribution in [2.24, 2.45) is 0 Å². The van der Waals surface area contributed by atoms with Gasteiger partial charge in [0, 0.05) is 18.1 Å². The molecule has 0 bridgehead atoms. The first-order chi connectivity index (χ1) is 15.3. The second kappa shape index (κ2) is 9.68. The maximum Gasteiger partial charge on any atom is 0.263 e. The molecule has 7 nitrogen and oxygen atoms in total. The molecule has 0 aliphatic carbocycles. The lowest BCUT2D eigenvalue weighted by atomic mass is 10.1. The number of carbonyl (C=O) groups is 1. The number of ether oxygens (including phenoxy) is 1. The molecule has 1 atom stereocenters. The molecule has 2 heterocycles. The zero-order valence-corrected chi connectivity index (χ0v) is 19.7. The number of piperidine rings is 1. The lowest BCUT2D eigenvalue weighted by Crippen LogP contribution is -2.50. The maximum atomic E-state index is 12.8. The van der Waals surface area contributed by atoms with Crippen LogP contribution in [0.5, 0.6) is 5.75 Å². The third kappa shape index (κ3) is 5.54. The molecule has 0 spiro atoms. The Morgan fingerprint density at radius 1 is 1.12 bits per heavy atom. The molecular weight excluding hydrogens is 450 g/mol. The summed E-state index contributed by atoms with van der Waals surface area (Å²) in [5.41, 5.74) is 2.56. The Morgan fingerprint density at radius 2 is 1.88 bits per heavy atom. The minimum absolute atomic E-state index is 0.104. The summed E-state index contributed by atoms with van der Waals surface area (Å²) in [7, 11) is -3.60. The van der Waals surface area contributed by atoms with E-state index in [-0.39, 0.29) is 12.5 Å². The molecule has 0 radical (unpaired) electrons. The van der Waals surface area contributed by atoms with Gasteiger partial charge in [0.2, 0.25) is 10.0 Å². The van der Waals surface area contributed by atoms with Crippen LogP contribution in [0, 0.1) is 0 Å². The third-order valence-corrected chi connectivity index (χ3v) is 7.18. The van der Waals surface area contributed by atoms with Crippen molar-refractivity contribution in [3.63, 3.8) is 0 Å². The number of sulfonamides is 1. The number of nitrogens with zero attached hydrogens (tertiary/aromatic N) is 2. The minimum Gasteiger partial charge on any atom is -0.476 e. The van der Waals surface area contributed by atoms with Crippen molar-refractivity contribution in [1.82, 2.24) is 10.2 Å². The summed E-state index contributed by atoms with van der Waals surface area (Å²) in [4.78, 5) is 15.3. The van der Waals surface area contributed by atoms with Crippen LogP contribution >= 0.6 is 11.6 Å². The van der Waals surface area contributed by atoms with Crippen LogP contribution in [0.25, 0.3) is 0 Å². The van der Waals surface area contributed by atoms with Crippen LogP contribution in [0.4, 0.5) is 5.69 Å². The van der Waals surface area contributed by atoms with Gasteiger partial charge in [-0.2, -0.15) is 0 Å². The molecule has 2 aromatic carbocycles. The van der Waals surface area contributed by atoms with Crippen molar-refractivity contribution in [2.75, 3.05) is 30.2 Å². The highest BCUT2D eigenvalue weighted by atomic mass is 35.5. The van der Waals surface area contributed by atoms with Gasteiger partial charge in [0.05, 0.1) is 18.5 Å². The van der Waals surface area contributed by atoms with Crippen molar-refractivity contribution in [1.29, 1.82) is 0 Å². The van der Waals surface area contributed by atoms with Crippen LogP contribution in [-0.2, 0) is 27.9 Å². The molecule has 1 saturated heterocycles. The van der Waals surface area contributed by atoms with Gasteiger partial charge >= 0.3 is 0 Å². The molecule has 4 rings (SSSR count). The molecule has 1 N–H and O–H groups in total. The zero-order valence-electron chi connectivity index (χ0n) is 18.1. The number of rotatable bonds is 6. The minimum atomic E-state index is -3.60. The average Bonchev–Trinajstić information content (AvgIpc) is 2.77. The van der Waals surface area contributed by atoms with Crippen molar-refractivity contribution < 1.29 is 17.9 Å². The fraction of sp³-hybridized carbons (Fsp3) is 0.435. The Labute approximate surface area is 194 Å². The number of halogens is 1. The van der Waals surface area contributed by atoms with Crippen molar-refractivity contribution in [2.45, 2.75) is 38.5 Å². The first kappa shape index (κ1) is 22.9. The number of benzene rings is 2. The van der Waals surface area contributed by atoms with Gasteiger partial charge in [0.15, 0.2) is 6.10 Å². The van der Waals surface area contributed by atoms with Gasteiger partial charge in [-0.05, 0) is 55.3 Å². The topological polar surface area (TPSA) is 79.0 Å². The first-order valence-corrected chi connectivity index (χ1v) is 13.0. The van der Waals surface area contributed by atoms with E-state index < -0.39 is 16.1 Å². The van der Waals surface area contributed by atoms with Gasteiger partial charge in [-0.3, -0.25) is 14.0 Å². The van der Waals surface area contributed by atoms with Crippen LogP contribution < -0.4 is 14.4 Å². The Kier molecular flexibility index (Phi) is 6.93. The summed E-state index contributed by atoms with van der Waals surface area (Å²) >= 11 is 6.02. The summed E-state index contributed by atoms with van der Waals surface area (Å²) < 4.78 is 31.6. The molecule has 2 aromatic rings. The van der Waals surface area contributed by atoms with E-state index in [0.29, 0.717) is 23.0 Å². The largest absolute Gasteiger partial charge is 0.476 e. The lowest BCUT2D eigenvalue weighted by Gasteiger charge is -2.34. The number of hydrogen-bond acceptors (Lipinski definition) is 5. The van der Waals surface area contributed by atoms with E-state index >= 15 is 0 Å². The fourth-order valence-electron chi connectivity index (χ4n) is 4.19. The molecule has 2 aliphatic rings. The number of nitrogens with one attached hydrogen (secondary N) is 1. The summed E-state index contributed by atoms with van der Waals surface area (Å²) in [6.07, 6.45) is 3.95. The second-order valence-electron chi connectivity index (χ2n) is 8.39. The quantitative estimate of drug-likeness (QED) is 0.691. The summed E-state index contributed by atoms with van der Waals surface area (Å²) in [6.45, 7) is 3.41. The molecule has 1 fully saturated rings. The van der Waals surface area contributed by atoms with Crippen LogP contribution in [0.2, 0.25) is 5.02 Å².